The van der Waals surface area contributed by atoms with Crippen molar-refractivity contribution in [3.63, 3.8) is 0 Å². The molecule has 2 rings (SSSR count). The van der Waals surface area contributed by atoms with Gasteiger partial charge in [-0.25, -0.2) is 0 Å². The summed E-state index contributed by atoms with van der Waals surface area (Å²) in [6.07, 6.45) is 3.82. The molecule has 0 amide bonds. The monoisotopic (exact) mass is 323 g/mol. The number of nitrogens with two attached hydrogens (primary N) is 1. The molecule has 1 nitrogen and oxygen atoms in total. The van der Waals surface area contributed by atoms with Crippen LogP contribution in [0.25, 0.3) is 0 Å². The summed E-state index contributed by atoms with van der Waals surface area (Å²) in [6.45, 7) is 11.6. The minimum Gasteiger partial charge on any atom is -0.398 e. The fourth-order valence-corrected chi connectivity index (χ4v) is 2.60. The average molecular weight is 324 g/mol. The lowest BCUT2D eigenvalue weighted by atomic mass is 10.1. The number of allylic oxidation sites excluding steroid dienone is 1. The summed E-state index contributed by atoms with van der Waals surface area (Å²) in [5.74, 6) is 0. The number of aryl methyl sites for hydroxylation is 1. The molecule has 1 heterocycles. The van der Waals surface area contributed by atoms with E-state index in [1.807, 2.05) is 38.1 Å². The largest absolute Gasteiger partial charge is 0.398 e. The average Bonchev–Trinajstić information content (AvgIpc) is 2.90. The highest BCUT2D eigenvalue weighted by Gasteiger charge is 2.03. The maximum atomic E-state index is 5.94. The standard InChI is InChI=1S/C12H12ClNS.C4H8.C2H6/c1-8-2-4-11(15-8)7-9-6-10(13)3-5-12(9)14;1-3-4-2;1-2/h2-6H,7,14H2,1H3;3H,1,4H2,2H3;1-2H3. The van der Waals surface area contributed by atoms with Gasteiger partial charge in [0.05, 0.1) is 0 Å². The molecule has 2 aromatic rings. The summed E-state index contributed by atoms with van der Waals surface area (Å²) in [5.41, 5.74) is 7.80. The molecule has 0 spiro atoms. The maximum absolute atomic E-state index is 5.94. The number of benzene rings is 1. The van der Waals surface area contributed by atoms with Crippen molar-refractivity contribution in [1.82, 2.24) is 0 Å². The normalized spacial score (nSPS) is 9.00. The van der Waals surface area contributed by atoms with Crippen molar-refractivity contribution in [1.29, 1.82) is 0 Å². The minimum atomic E-state index is 0.743. The molecule has 1 aromatic heterocycles. The van der Waals surface area contributed by atoms with Crippen LogP contribution in [0.2, 0.25) is 5.02 Å². The van der Waals surface area contributed by atoms with E-state index in [0.717, 1.165) is 29.1 Å². The van der Waals surface area contributed by atoms with Gasteiger partial charge in [0.15, 0.2) is 0 Å². The van der Waals surface area contributed by atoms with Gasteiger partial charge in [-0.05, 0) is 49.2 Å². The molecule has 0 aliphatic heterocycles. The van der Waals surface area contributed by atoms with Gasteiger partial charge in [-0.15, -0.1) is 17.9 Å². The molecule has 3 heteroatoms. The second-order valence-corrected chi connectivity index (χ2v) is 6.04. The molecule has 2 N–H and O–H groups in total. The quantitative estimate of drug-likeness (QED) is 0.507. The van der Waals surface area contributed by atoms with E-state index < -0.39 is 0 Å². The predicted molar refractivity (Wildman–Crippen MR) is 99.6 cm³/mol. The number of rotatable bonds is 3. The van der Waals surface area contributed by atoms with E-state index in [1.165, 1.54) is 9.75 Å². The van der Waals surface area contributed by atoms with Gasteiger partial charge in [0.1, 0.15) is 0 Å². The first kappa shape index (κ1) is 19.8. The van der Waals surface area contributed by atoms with Crippen LogP contribution in [-0.2, 0) is 6.42 Å². The molecule has 0 bridgehead atoms. The lowest BCUT2D eigenvalue weighted by molar-refractivity contribution is 1.23. The highest BCUT2D eigenvalue weighted by Crippen LogP contribution is 2.24. The predicted octanol–water partition coefficient (Wildman–Crippen LogP) is 6.49. The van der Waals surface area contributed by atoms with Crippen LogP contribution >= 0.6 is 22.9 Å². The van der Waals surface area contributed by atoms with Crippen molar-refractivity contribution in [3.8, 4) is 0 Å². The van der Waals surface area contributed by atoms with E-state index in [0.29, 0.717) is 0 Å². The molecule has 0 saturated heterocycles. The Morgan fingerprint density at radius 1 is 1.24 bits per heavy atom. The molecule has 0 radical (unpaired) electrons. The summed E-state index contributed by atoms with van der Waals surface area (Å²) in [5, 5.41) is 0.743. The fraction of sp³-hybridized carbons (Fsp3) is 0.333. The first-order chi connectivity index (χ1) is 10.1. The van der Waals surface area contributed by atoms with Crippen molar-refractivity contribution in [2.75, 3.05) is 5.73 Å². The van der Waals surface area contributed by atoms with Crippen molar-refractivity contribution in [2.24, 2.45) is 0 Å². The highest BCUT2D eigenvalue weighted by atomic mass is 35.5. The third-order valence-corrected chi connectivity index (χ3v) is 3.79. The van der Waals surface area contributed by atoms with Crippen molar-refractivity contribution >= 4 is 28.6 Å². The Morgan fingerprint density at radius 2 is 1.86 bits per heavy atom. The van der Waals surface area contributed by atoms with Crippen LogP contribution in [0.1, 0.15) is 42.5 Å². The van der Waals surface area contributed by atoms with Gasteiger partial charge in [0.25, 0.3) is 0 Å². The zero-order valence-corrected chi connectivity index (χ0v) is 15.0. The van der Waals surface area contributed by atoms with Crippen LogP contribution < -0.4 is 5.73 Å². The number of anilines is 1. The van der Waals surface area contributed by atoms with Gasteiger partial charge in [0.2, 0.25) is 0 Å². The zero-order chi connectivity index (χ0) is 16.3. The van der Waals surface area contributed by atoms with E-state index in [2.05, 4.69) is 32.6 Å². The highest BCUT2D eigenvalue weighted by molar-refractivity contribution is 7.11. The minimum absolute atomic E-state index is 0.743. The van der Waals surface area contributed by atoms with Crippen LogP contribution in [0.3, 0.4) is 0 Å². The smallest absolute Gasteiger partial charge is 0.0410 e. The Hall–Kier alpha value is -1.25. The molecule has 0 unspecified atom stereocenters. The van der Waals surface area contributed by atoms with Gasteiger partial charge < -0.3 is 5.73 Å². The van der Waals surface area contributed by atoms with Gasteiger partial charge in [-0.1, -0.05) is 38.4 Å². The van der Waals surface area contributed by atoms with E-state index >= 15 is 0 Å². The molecular formula is C18H26ClNS. The third-order valence-electron chi connectivity index (χ3n) is 2.55. The molecule has 0 aliphatic carbocycles. The van der Waals surface area contributed by atoms with Gasteiger partial charge in [0, 0.05) is 26.9 Å². The molecule has 21 heavy (non-hydrogen) atoms. The third kappa shape index (κ3) is 7.93. The van der Waals surface area contributed by atoms with Crippen LogP contribution in [0.4, 0.5) is 5.69 Å². The van der Waals surface area contributed by atoms with E-state index in [4.69, 9.17) is 17.3 Å². The van der Waals surface area contributed by atoms with E-state index in [-0.39, 0.29) is 0 Å². The lowest BCUT2D eigenvalue weighted by Crippen LogP contribution is -1.94. The molecule has 0 aliphatic rings. The molecule has 1 aromatic carbocycles. The number of hydrogen-bond donors (Lipinski definition) is 1. The summed E-state index contributed by atoms with van der Waals surface area (Å²) in [7, 11) is 0. The SMILES string of the molecule is C=CCC.CC.Cc1ccc(Cc2cc(Cl)ccc2N)s1. The van der Waals surface area contributed by atoms with E-state index in [1.54, 1.807) is 11.3 Å². The van der Waals surface area contributed by atoms with Gasteiger partial charge in [-0.3, -0.25) is 0 Å². The number of hydrogen-bond acceptors (Lipinski definition) is 2. The summed E-state index contributed by atoms with van der Waals surface area (Å²) < 4.78 is 0. The van der Waals surface area contributed by atoms with Crippen LogP contribution in [-0.4, -0.2) is 0 Å². The van der Waals surface area contributed by atoms with Crippen molar-refractivity contribution in [3.05, 3.63) is 63.3 Å². The van der Waals surface area contributed by atoms with Crippen LogP contribution in [0, 0.1) is 6.92 Å². The Balaban J connectivity index is 0.000000579. The molecule has 0 saturated carbocycles. The van der Waals surface area contributed by atoms with E-state index in [9.17, 15) is 0 Å². The number of halogens is 1. The first-order valence-electron chi connectivity index (χ1n) is 7.27. The van der Waals surface area contributed by atoms with Gasteiger partial charge >= 0.3 is 0 Å². The molecule has 116 valence electrons. The van der Waals surface area contributed by atoms with Crippen LogP contribution in [0.15, 0.2) is 43.0 Å². The molecule has 0 fully saturated rings. The Morgan fingerprint density at radius 3 is 2.33 bits per heavy atom. The molecular weight excluding hydrogens is 298 g/mol. The Labute approximate surface area is 138 Å². The molecule has 0 atom stereocenters. The second kappa shape index (κ2) is 11.4. The van der Waals surface area contributed by atoms with Gasteiger partial charge in [-0.2, -0.15) is 0 Å². The second-order valence-electron chi connectivity index (χ2n) is 4.23. The van der Waals surface area contributed by atoms with Crippen molar-refractivity contribution < 1.29 is 0 Å². The summed E-state index contributed by atoms with van der Waals surface area (Å²) in [6, 6.07) is 9.88. The fourth-order valence-electron chi connectivity index (χ4n) is 1.50. The topological polar surface area (TPSA) is 26.0 Å². The maximum Gasteiger partial charge on any atom is 0.0410 e. The van der Waals surface area contributed by atoms with Crippen molar-refractivity contribution in [2.45, 2.75) is 40.5 Å². The Kier molecular flexibility index (Phi) is 10.7. The summed E-state index contributed by atoms with van der Waals surface area (Å²) in [4.78, 5) is 2.65. The van der Waals surface area contributed by atoms with Crippen LogP contribution in [0.5, 0.6) is 0 Å². The number of nitrogen functional groups attached to an aromatic ring is 1. The Bertz CT molecular complexity index is 532. The summed E-state index contributed by atoms with van der Waals surface area (Å²) >= 11 is 7.73. The first-order valence-corrected chi connectivity index (χ1v) is 8.46. The number of thiophene rings is 1. The zero-order valence-electron chi connectivity index (χ0n) is 13.4. The lowest BCUT2D eigenvalue weighted by Gasteiger charge is -2.04.